The fraction of sp³-hybridized carbons (Fsp3) is 0.154. The summed E-state index contributed by atoms with van der Waals surface area (Å²) < 4.78 is 6.66. The third-order valence-electron chi connectivity index (χ3n) is 2.91. The number of carbonyl (C=O) groups excluding carboxylic acids is 1. The van der Waals surface area contributed by atoms with Crippen molar-refractivity contribution in [2.45, 2.75) is 0 Å². The van der Waals surface area contributed by atoms with Crippen molar-refractivity contribution in [3.63, 3.8) is 0 Å². The number of carbonyl (C=O) groups is 1. The average Bonchev–Trinajstić information content (AvgIpc) is 3.12. The van der Waals surface area contributed by atoms with Crippen LogP contribution in [0.25, 0.3) is 16.2 Å². The van der Waals surface area contributed by atoms with E-state index < -0.39 is 0 Å². The normalized spacial score (nSPS) is 10.7. The lowest BCUT2D eigenvalue weighted by molar-refractivity contribution is 0.0606. The van der Waals surface area contributed by atoms with Crippen LogP contribution in [-0.2, 0) is 4.74 Å². The van der Waals surface area contributed by atoms with E-state index in [-0.39, 0.29) is 5.97 Å². The van der Waals surface area contributed by atoms with E-state index >= 15 is 0 Å². The van der Waals surface area contributed by atoms with Gasteiger partial charge in [0.05, 0.1) is 23.9 Å². The number of imidazole rings is 1. The van der Waals surface area contributed by atoms with E-state index in [0.717, 1.165) is 16.2 Å². The topological polar surface area (TPSA) is 68.5 Å². The molecule has 0 bridgehead atoms. The molecule has 0 radical (unpaired) electrons. The molecule has 0 spiro atoms. The SMILES string of the molecule is CNc1nccn2c(-c3ccc(C(=O)OC)s3)cnc12. The van der Waals surface area contributed by atoms with Gasteiger partial charge in [-0.25, -0.2) is 14.8 Å². The summed E-state index contributed by atoms with van der Waals surface area (Å²) in [6.45, 7) is 0. The van der Waals surface area contributed by atoms with Gasteiger partial charge in [0.1, 0.15) is 4.88 Å². The van der Waals surface area contributed by atoms with Crippen LogP contribution in [0.3, 0.4) is 0 Å². The van der Waals surface area contributed by atoms with E-state index in [2.05, 4.69) is 15.3 Å². The molecule has 3 heterocycles. The van der Waals surface area contributed by atoms with Crippen LogP contribution in [0.4, 0.5) is 5.82 Å². The molecule has 3 aromatic rings. The van der Waals surface area contributed by atoms with Gasteiger partial charge in [-0.3, -0.25) is 4.40 Å². The van der Waals surface area contributed by atoms with Gasteiger partial charge in [0.2, 0.25) is 0 Å². The van der Waals surface area contributed by atoms with Crippen molar-refractivity contribution >= 4 is 28.8 Å². The van der Waals surface area contributed by atoms with E-state index in [0.29, 0.717) is 10.7 Å². The molecule has 102 valence electrons. The van der Waals surface area contributed by atoms with Crippen molar-refractivity contribution in [2.75, 3.05) is 19.5 Å². The first kappa shape index (κ1) is 12.6. The highest BCUT2D eigenvalue weighted by atomic mass is 32.1. The molecule has 0 fully saturated rings. The zero-order valence-corrected chi connectivity index (χ0v) is 11.8. The summed E-state index contributed by atoms with van der Waals surface area (Å²) in [5, 5.41) is 3.00. The predicted octanol–water partition coefficient (Wildman–Crippen LogP) is 2.29. The lowest BCUT2D eigenvalue weighted by Gasteiger charge is -2.02. The molecule has 0 aromatic carbocycles. The number of methoxy groups -OCH3 is 1. The van der Waals surface area contributed by atoms with Gasteiger partial charge in [-0.05, 0) is 12.1 Å². The summed E-state index contributed by atoms with van der Waals surface area (Å²) >= 11 is 1.38. The Morgan fingerprint density at radius 1 is 1.40 bits per heavy atom. The van der Waals surface area contributed by atoms with Crippen molar-refractivity contribution in [1.29, 1.82) is 0 Å². The molecule has 3 rings (SSSR count). The van der Waals surface area contributed by atoms with E-state index in [1.54, 1.807) is 25.5 Å². The van der Waals surface area contributed by atoms with Crippen molar-refractivity contribution in [3.8, 4) is 10.6 Å². The molecule has 1 N–H and O–H groups in total. The zero-order chi connectivity index (χ0) is 14.1. The van der Waals surface area contributed by atoms with Crippen LogP contribution in [0.5, 0.6) is 0 Å². The van der Waals surface area contributed by atoms with Gasteiger partial charge in [0, 0.05) is 19.4 Å². The molecule has 0 saturated heterocycles. The fourth-order valence-corrected chi connectivity index (χ4v) is 2.90. The third kappa shape index (κ3) is 1.92. The van der Waals surface area contributed by atoms with Crippen LogP contribution >= 0.6 is 11.3 Å². The number of aromatic nitrogens is 3. The second-order valence-corrected chi connectivity index (χ2v) is 5.10. The molecular weight excluding hydrogens is 276 g/mol. The molecule has 3 aromatic heterocycles. The minimum Gasteiger partial charge on any atom is -0.465 e. The molecule has 6 nitrogen and oxygen atoms in total. The summed E-state index contributed by atoms with van der Waals surface area (Å²) in [4.78, 5) is 21.6. The van der Waals surface area contributed by atoms with Crippen LogP contribution in [0.1, 0.15) is 9.67 Å². The number of nitrogens with one attached hydrogen (secondary N) is 1. The van der Waals surface area contributed by atoms with Crippen LogP contribution in [0.2, 0.25) is 0 Å². The van der Waals surface area contributed by atoms with Crippen LogP contribution in [0, 0.1) is 0 Å². The van der Waals surface area contributed by atoms with Gasteiger partial charge in [-0.2, -0.15) is 0 Å². The summed E-state index contributed by atoms with van der Waals surface area (Å²) in [6.07, 6.45) is 5.32. The Hall–Kier alpha value is -2.41. The number of hydrogen-bond acceptors (Lipinski definition) is 6. The largest absolute Gasteiger partial charge is 0.465 e. The van der Waals surface area contributed by atoms with Gasteiger partial charge >= 0.3 is 5.97 Å². The van der Waals surface area contributed by atoms with Crippen molar-refractivity contribution in [1.82, 2.24) is 14.4 Å². The van der Waals surface area contributed by atoms with E-state index in [1.165, 1.54) is 18.4 Å². The van der Waals surface area contributed by atoms with Crippen LogP contribution in [0.15, 0.2) is 30.7 Å². The van der Waals surface area contributed by atoms with Crippen LogP contribution < -0.4 is 5.32 Å². The Balaban J connectivity index is 2.11. The smallest absolute Gasteiger partial charge is 0.348 e. The molecule has 0 aliphatic rings. The molecule has 0 aliphatic carbocycles. The minimum atomic E-state index is -0.326. The number of ether oxygens (including phenoxy) is 1. The Morgan fingerprint density at radius 2 is 2.25 bits per heavy atom. The quantitative estimate of drug-likeness (QED) is 0.749. The second kappa shape index (κ2) is 4.93. The number of anilines is 1. The Labute approximate surface area is 119 Å². The highest BCUT2D eigenvalue weighted by molar-refractivity contribution is 7.17. The third-order valence-corrected chi connectivity index (χ3v) is 4.00. The van der Waals surface area contributed by atoms with Gasteiger partial charge < -0.3 is 10.1 Å². The maximum absolute atomic E-state index is 11.5. The maximum Gasteiger partial charge on any atom is 0.348 e. The van der Waals surface area contributed by atoms with Gasteiger partial charge in [0.25, 0.3) is 0 Å². The van der Waals surface area contributed by atoms with Gasteiger partial charge in [-0.1, -0.05) is 0 Å². The molecule has 0 atom stereocenters. The van der Waals surface area contributed by atoms with E-state index in [9.17, 15) is 4.79 Å². The molecule has 0 saturated carbocycles. The van der Waals surface area contributed by atoms with Crippen molar-refractivity contribution in [2.24, 2.45) is 0 Å². The average molecular weight is 288 g/mol. The lowest BCUT2D eigenvalue weighted by atomic mass is 10.3. The number of nitrogens with zero attached hydrogens (tertiary/aromatic N) is 3. The predicted molar refractivity (Wildman–Crippen MR) is 77.2 cm³/mol. The number of hydrogen-bond donors (Lipinski definition) is 1. The minimum absolute atomic E-state index is 0.326. The summed E-state index contributed by atoms with van der Waals surface area (Å²) in [5.41, 5.74) is 1.66. The van der Waals surface area contributed by atoms with Crippen molar-refractivity contribution in [3.05, 3.63) is 35.6 Å². The molecule has 0 amide bonds. The summed E-state index contributed by atoms with van der Waals surface area (Å²) in [5.74, 6) is 0.385. The zero-order valence-electron chi connectivity index (χ0n) is 11.0. The number of rotatable bonds is 3. The Morgan fingerprint density at radius 3 is 3.00 bits per heavy atom. The molecule has 0 aliphatic heterocycles. The Bertz CT molecular complexity index is 778. The fourth-order valence-electron chi connectivity index (χ4n) is 1.96. The lowest BCUT2D eigenvalue weighted by Crippen LogP contribution is -1.97. The molecular formula is C13H12N4O2S. The number of thiophene rings is 1. The summed E-state index contributed by atoms with van der Waals surface area (Å²) in [6, 6.07) is 3.64. The standard InChI is InChI=1S/C13H12N4O2S/c1-14-11-12-16-7-8(17(12)6-5-15-11)9-3-4-10(20-9)13(18)19-2/h3-7H,1-2H3,(H,14,15). The number of fused-ring (bicyclic) bond motifs is 1. The summed E-state index contributed by atoms with van der Waals surface area (Å²) in [7, 11) is 3.18. The number of esters is 1. The molecule has 20 heavy (non-hydrogen) atoms. The molecule has 7 heteroatoms. The highest BCUT2D eigenvalue weighted by Gasteiger charge is 2.14. The monoisotopic (exact) mass is 288 g/mol. The first-order valence-electron chi connectivity index (χ1n) is 5.93. The Kier molecular flexibility index (Phi) is 3.11. The van der Waals surface area contributed by atoms with Gasteiger partial charge in [0.15, 0.2) is 11.5 Å². The first-order chi connectivity index (χ1) is 9.74. The van der Waals surface area contributed by atoms with Crippen LogP contribution in [-0.4, -0.2) is 34.5 Å². The van der Waals surface area contributed by atoms with Crippen molar-refractivity contribution < 1.29 is 9.53 Å². The first-order valence-corrected chi connectivity index (χ1v) is 6.74. The van der Waals surface area contributed by atoms with Gasteiger partial charge in [-0.15, -0.1) is 11.3 Å². The van der Waals surface area contributed by atoms with E-state index in [4.69, 9.17) is 4.74 Å². The van der Waals surface area contributed by atoms with E-state index in [1.807, 2.05) is 16.7 Å². The molecule has 0 unspecified atom stereocenters. The maximum atomic E-state index is 11.5. The highest BCUT2D eigenvalue weighted by Crippen LogP contribution is 2.30. The second-order valence-electron chi connectivity index (χ2n) is 4.02.